The standard InChI is InChI=1S/C32H28FO4S/c1-20-16-24(38-27-14-7-5-12-25(27)30(35)26-13-6-8-15-28(26)38)17-21(2)31(20)36-19-29(34)37-32(3,4)22-10-9-11-23(33)18-22/h5-18H,19H2,1-4H3/q+1. The lowest BCUT2D eigenvalue weighted by atomic mass is 9.98. The van der Waals surface area contributed by atoms with Gasteiger partial charge in [-0.1, -0.05) is 36.4 Å². The third kappa shape index (κ3) is 4.79. The summed E-state index contributed by atoms with van der Waals surface area (Å²) in [4.78, 5) is 26.9. The van der Waals surface area contributed by atoms with E-state index in [1.165, 1.54) is 12.1 Å². The first-order chi connectivity index (χ1) is 18.2. The maximum absolute atomic E-state index is 13.7. The third-order valence-electron chi connectivity index (χ3n) is 6.60. The topological polar surface area (TPSA) is 52.6 Å². The van der Waals surface area contributed by atoms with Gasteiger partial charge in [0.25, 0.3) is 0 Å². The van der Waals surface area contributed by atoms with Crippen molar-refractivity contribution in [1.29, 1.82) is 0 Å². The highest BCUT2D eigenvalue weighted by Gasteiger charge is 2.27. The highest BCUT2D eigenvalue weighted by molar-refractivity contribution is 7.49. The maximum Gasteiger partial charge on any atom is 0.345 e. The molecule has 38 heavy (non-hydrogen) atoms. The fourth-order valence-corrected chi connectivity index (χ4v) is 7.33. The number of hydrogen-bond acceptors (Lipinski definition) is 4. The van der Waals surface area contributed by atoms with Crippen LogP contribution in [0, 0.1) is 19.7 Å². The number of rotatable bonds is 6. The lowest BCUT2D eigenvalue weighted by Crippen LogP contribution is -2.28. The number of fused-ring (bicyclic) bond motifs is 2. The van der Waals surface area contributed by atoms with Crippen LogP contribution >= 0.6 is 10.5 Å². The van der Waals surface area contributed by atoms with Gasteiger partial charge in [-0.2, -0.15) is 0 Å². The molecule has 0 atom stereocenters. The minimum Gasteiger partial charge on any atom is -0.481 e. The molecule has 0 saturated heterocycles. The molecular formula is C32H28FO4S+. The minimum absolute atomic E-state index is 0.0491. The van der Waals surface area contributed by atoms with Gasteiger partial charge in [0.05, 0.1) is 10.8 Å². The number of carbonyl (C=O) groups excluding carboxylic acids is 1. The molecule has 0 N–H and O–H groups in total. The average molecular weight is 528 g/mol. The van der Waals surface area contributed by atoms with E-state index in [-0.39, 0.29) is 17.9 Å². The SMILES string of the molecule is Cc1cc(-[s+]2c3ccccc3c(=O)c3ccccc32)cc(C)c1OCC(=O)OC(C)(C)c1cccc(F)c1. The van der Waals surface area contributed by atoms with Gasteiger partial charge in [-0.3, -0.25) is 4.79 Å². The molecule has 1 heterocycles. The summed E-state index contributed by atoms with van der Waals surface area (Å²) in [6.45, 7) is 7.06. The van der Waals surface area contributed by atoms with Gasteiger partial charge in [-0.05, 0) is 80.8 Å². The van der Waals surface area contributed by atoms with Gasteiger partial charge in [0.15, 0.2) is 20.9 Å². The Balaban J connectivity index is 1.45. The van der Waals surface area contributed by atoms with Crippen molar-refractivity contribution in [3.05, 3.63) is 118 Å². The summed E-state index contributed by atoms with van der Waals surface area (Å²) in [5.74, 6) is -0.312. The monoisotopic (exact) mass is 527 g/mol. The molecule has 4 nitrogen and oxygen atoms in total. The highest BCUT2D eigenvalue weighted by atomic mass is 32.2. The second kappa shape index (κ2) is 10.0. The molecular weight excluding hydrogens is 499 g/mol. The van der Waals surface area contributed by atoms with Crippen molar-refractivity contribution in [3.8, 4) is 10.6 Å². The molecule has 192 valence electrons. The molecule has 0 amide bonds. The average Bonchev–Trinajstić information content (AvgIpc) is 2.88. The molecule has 0 spiro atoms. The van der Waals surface area contributed by atoms with Crippen LogP contribution in [0.5, 0.6) is 5.75 Å². The van der Waals surface area contributed by atoms with Gasteiger partial charge in [0.2, 0.25) is 5.43 Å². The summed E-state index contributed by atoms with van der Waals surface area (Å²) in [6.07, 6.45) is 0. The van der Waals surface area contributed by atoms with E-state index >= 15 is 0 Å². The van der Waals surface area contributed by atoms with Crippen molar-refractivity contribution in [1.82, 2.24) is 0 Å². The van der Waals surface area contributed by atoms with Crippen LogP contribution in [0.1, 0.15) is 30.5 Å². The summed E-state index contributed by atoms with van der Waals surface area (Å²) in [5.41, 5.74) is 1.38. The number of ether oxygens (including phenoxy) is 2. The predicted octanol–water partition coefficient (Wildman–Crippen LogP) is 7.70. The number of benzene rings is 4. The fourth-order valence-electron chi connectivity index (χ4n) is 4.81. The van der Waals surface area contributed by atoms with E-state index in [9.17, 15) is 14.0 Å². The van der Waals surface area contributed by atoms with Crippen LogP contribution in [0.4, 0.5) is 4.39 Å². The van der Waals surface area contributed by atoms with Crippen LogP contribution in [0.2, 0.25) is 0 Å². The van der Waals surface area contributed by atoms with Gasteiger partial charge >= 0.3 is 5.97 Å². The van der Waals surface area contributed by atoms with Crippen molar-refractivity contribution >= 4 is 36.6 Å². The van der Waals surface area contributed by atoms with Crippen LogP contribution in [-0.4, -0.2) is 12.6 Å². The molecule has 0 radical (unpaired) electrons. The number of hydrogen-bond donors (Lipinski definition) is 0. The van der Waals surface area contributed by atoms with Crippen molar-refractivity contribution < 1.29 is 18.7 Å². The first-order valence-electron chi connectivity index (χ1n) is 12.3. The molecule has 1 aromatic heterocycles. The Labute approximate surface area is 223 Å². The smallest absolute Gasteiger partial charge is 0.345 e. The normalized spacial score (nSPS) is 11.6. The van der Waals surface area contributed by atoms with Crippen LogP contribution < -0.4 is 10.2 Å². The van der Waals surface area contributed by atoms with E-state index in [2.05, 4.69) is 12.1 Å². The van der Waals surface area contributed by atoms with E-state index < -0.39 is 22.0 Å². The second-order valence-corrected chi connectivity index (χ2v) is 11.8. The molecule has 5 aromatic rings. The zero-order valence-corrected chi connectivity index (χ0v) is 22.5. The Kier molecular flexibility index (Phi) is 6.76. The Hall–Kier alpha value is -4.03. The molecule has 0 aliphatic carbocycles. The Morgan fingerprint density at radius 1 is 0.842 bits per heavy atom. The summed E-state index contributed by atoms with van der Waals surface area (Å²) < 4.78 is 27.2. The minimum atomic E-state index is -1.00. The molecule has 5 rings (SSSR count). The van der Waals surface area contributed by atoms with E-state index in [0.717, 1.165) is 36.2 Å². The van der Waals surface area contributed by atoms with E-state index in [1.54, 1.807) is 26.0 Å². The quantitative estimate of drug-likeness (QED) is 0.129. The highest BCUT2D eigenvalue weighted by Crippen LogP contribution is 2.45. The Bertz CT molecular complexity index is 1670. The summed E-state index contributed by atoms with van der Waals surface area (Å²) in [6, 6.07) is 25.7. The predicted molar refractivity (Wildman–Crippen MR) is 152 cm³/mol. The Morgan fingerprint density at radius 3 is 2.00 bits per heavy atom. The lowest BCUT2D eigenvalue weighted by Gasteiger charge is -2.26. The van der Waals surface area contributed by atoms with E-state index in [4.69, 9.17) is 9.47 Å². The number of carbonyl (C=O) groups is 1. The first kappa shape index (κ1) is 25.6. The van der Waals surface area contributed by atoms with Crippen LogP contribution in [-0.2, 0) is 15.1 Å². The van der Waals surface area contributed by atoms with Crippen LogP contribution in [0.15, 0.2) is 89.7 Å². The molecule has 0 fully saturated rings. The first-order valence-corrected chi connectivity index (χ1v) is 13.6. The lowest BCUT2D eigenvalue weighted by molar-refractivity contribution is -0.159. The fraction of sp³-hybridized carbons (Fsp3) is 0.188. The van der Waals surface area contributed by atoms with Gasteiger partial charge in [0, 0.05) is 22.6 Å². The summed E-state index contributed by atoms with van der Waals surface area (Å²) in [7, 11) is -0.455. The Morgan fingerprint density at radius 2 is 1.42 bits per heavy atom. The molecule has 0 unspecified atom stereocenters. The van der Waals surface area contributed by atoms with Gasteiger partial charge in [-0.15, -0.1) is 0 Å². The van der Waals surface area contributed by atoms with Crippen LogP contribution in [0.25, 0.3) is 25.1 Å². The van der Waals surface area contributed by atoms with Gasteiger partial charge in [-0.25, -0.2) is 9.18 Å². The number of halogens is 1. The third-order valence-corrected chi connectivity index (χ3v) is 8.89. The summed E-state index contributed by atoms with van der Waals surface area (Å²) >= 11 is 0. The van der Waals surface area contributed by atoms with Gasteiger partial charge in [0.1, 0.15) is 17.2 Å². The zero-order chi connectivity index (χ0) is 27.0. The number of esters is 1. The van der Waals surface area contributed by atoms with Crippen molar-refractivity contribution in [2.75, 3.05) is 6.61 Å². The molecule has 0 bridgehead atoms. The maximum atomic E-state index is 13.7. The van der Waals surface area contributed by atoms with Crippen molar-refractivity contribution in [2.45, 2.75) is 33.3 Å². The van der Waals surface area contributed by atoms with E-state index in [0.29, 0.717) is 11.3 Å². The van der Waals surface area contributed by atoms with E-state index in [1.807, 2.05) is 62.4 Å². The number of aryl methyl sites for hydroxylation is 2. The molecule has 0 aliphatic heterocycles. The molecule has 6 heteroatoms. The zero-order valence-electron chi connectivity index (χ0n) is 21.7. The van der Waals surface area contributed by atoms with Crippen LogP contribution in [0.3, 0.4) is 0 Å². The van der Waals surface area contributed by atoms with Crippen molar-refractivity contribution in [2.24, 2.45) is 0 Å². The molecule has 4 aromatic carbocycles. The van der Waals surface area contributed by atoms with Gasteiger partial charge < -0.3 is 9.47 Å². The molecule has 0 saturated carbocycles. The second-order valence-electron chi connectivity index (χ2n) is 9.80. The van der Waals surface area contributed by atoms with Crippen molar-refractivity contribution in [3.63, 3.8) is 0 Å². The molecule has 0 aliphatic rings. The largest absolute Gasteiger partial charge is 0.481 e. The summed E-state index contributed by atoms with van der Waals surface area (Å²) in [5, 5.41) is 1.46.